The summed E-state index contributed by atoms with van der Waals surface area (Å²) >= 11 is 0. The average molecular weight is 242 g/mol. The minimum absolute atomic E-state index is 0.920. The van der Waals surface area contributed by atoms with Crippen LogP contribution in [0.5, 0.6) is 0 Å². The summed E-state index contributed by atoms with van der Waals surface area (Å²) in [5.41, 5.74) is 0. The highest BCUT2D eigenvalue weighted by Crippen LogP contribution is 2.18. The van der Waals surface area contributed by atoms with E-state index in [1.165, 1.54) is 0 Å². The van der Waals surface area contributed by atoms with Crippen LogP contribution < -0.4 is 0 Å². The molecular weight excluding hydrogens is 235 g/mol. The predicted molar refractivity (Wildman–Crippen MR) is 36.4 cm³/mol. The Kier molecular flexibility index (Phi) is 4.72. The van der Waals surface area contributed by atoms with Crippen LogP contribution in [0.1, 0.15) is 6.42 Å². The molecule has 0 bridgehead atoms. The molecule has 0 aliphatic rings. The largest absolute Gasteiger partial charge is 0.405 e. The topological polar surface area (TPSA) is 43.4 Å². The molecule has 0 aliphatic carbocycles. The third-order valence-electron chi connectivity index (χ3n) is 0.939. The summed E-state index contributed by atoms with van der Waals surface area (Å²) in [5, 5.41) is 0. The number of halogens is 5. The molecule has 0 N–H and O–H groups in total. The summed E-state index contributed by atoms with van der Waals surface area (Å²) in [4.78, 5) is 0. The van der Waals surface area contributed by atoms with Crippen molar-refractivity contribution in [2.45, 2.75) is 19.0 Å². The maximum absolute atomic E-state index is 11.5. The predicted octanol–water partition coefficient (Wildman–Crippen LogP) is 1.55. The second-order valence-electron chi connectivity index (χ2n) is 2.32. The van der Waals surface area contributed by atoms with Crippen LogP contribution in [-0.2, 0) is 14.3 Å². The van der Waals surface area contributed by atoms with E-state index in [1.54, 1.807) is 0 Å². The number of alkyl halides is 5. The van der Waals surface area contributed by atoms with Gasteiger partial charge >= 0.3 is 6.18 Å². The molecule has 3 nitrogen and oxygen atoms in total. The van der Waals surface area contributed by atoms with Gasteiger partial charge in [0, 0.05) is 6.42 Å². The van der Waals surface area contributed by atoms with Gasteiger partial charge in [0.1, 0.15) is 0 Å². The van der Waals surface area contributed by atoms with E-state index in [-0.39, 0.29) is 0 Å². The SMILES string of the molecule is O=S(=O)(CC(F)(F)F)OCCC(F)F. The molecule has 0 unspecified atom stereocenters. The second-order valence-corrected chi connectivity index (χ2v) is 3.96. The van der Waals surface area contributed by atoms with Gasteiger partial charge in [-0.05, 0) is 0 Å². The van der Waals surface area contributed by atoms with Gasteiger partial charge in [-0.1, -0.05) is 0 Å². The van der Waals surface area contributed by atoms with Gasteiger partial charge in [0.15, 0.2) is 5.75 Å². The molecule has 14 heavy (non-hydrogen) atoms. The van der Waals surface area contributed by atoms with Crippen LogP contribution in [-0.4, -0.2) is 33.4 Å². The summed E-state index contributed by atoms with van der Waals surface area (Å²) in [6.45, 7) is -0.948. The van der Waals surface area contributed by atoms with E-state index in [9.17, 15) is 30.4 Å². The van der Waals surface area contributed by atoms with Crippen molar-refractivity contribution in [3.63, 3.8) is 0 Å². The fraction of sp³-hybridized carbons (Fsp3) is 1.00. The van der Waals surface area contributed by atoms with Crippen LogP contribution in [0, 0.1) is 0 Å². The van der Waals surface area contributed by atoms with Crippen molar-refractivity contribution in [3.05, 3.63) is 0 Å². The summed E-state index contributed by atoms with van der Waals surface area (Å²) in [6.07, 6.45) is -8.66. The van der Waals surface area contributed by atoms with Gasteiger partial charge < -0.3 is 0 Å². The van der Waals surface area contributed by atoms with Gasteiger partial charge in [-0.25, -0.2) is 8.78 Å². The van der Waals surface area contributed by atoms with E-state index in [0.29, 0.717) is 0 Å². The minimum Gasteiger partial charge on any atom is -0.270 e. The van der Waals surface area contributed by atoms with Gasteiger partial charge in [0.2, 0.25) is 6.43 Å². The molecule has 0 aromatic heterocycles. The number of hydrogen-bond acceptors (Lipinski definition) is 3. The smallest absolute Gasteiger partial charge is 0.270 e. The first-order valence-electron chi connectivity index (χ1n) is 3.34. The molecule has 0 rings (SSSR count). The van der Waals surface area contributed by atoms with Gasteiger partial charge in [-0.3, -0.25) is 4.18 Å². The van der Waals surface area contributed by atoms with Gasteiger partial charge in [0.05, 0.1) is 6.61 Å². The van der Waals surface area contributed by atoms with Gasteiger partial charge in [-0.15, -0.1) is 0 Å². The molecule has 0 heterocycles. The molecule has 0 fully saturated rings. The highest BCUT2D eigenvalue weighted by atomic mass is 32.2. The molecule has 0 aliphatic heterocycles. The standard InChI is InChI=1S/C5H7F5O3S/c6-4(7)1-2-13-14(11,12)3-5(8,9)10/h4H,1-3H2. The van der Waals surface area contributed by atoms with E-state index in [0.717, 1.165) is 0 Å². The molecule has 9 heteroatoms. The first-order valence-corrected chi connectivity index (χ1v) is 4.92. The van der Waals surface area contributed by atoms with E-state index >= 15 is 0 Å². The van der Waals surface area contributed by atoms with Crippen molar-refractivity contribution in [1.29, 1.82) is 0 Å². The maximum atomic E-state index is 11.5. The van der Waals surface area contributed by atoms with Crippen molar-refractivity contribution in [2.75, 3.05) is 12.4 Å². The Morgan fingerprint density at radius 2 is 1.71 bits per heavy atom. The molecular formula is C5H7F5O3S. The normalized spacial score (nSPS) is 13.6. The van der Waals surface area contributed by atoms with Gasteiger partial charge in [-0.2, -0.15) is 21.6 Å². The molecule has 0 aromatic carbocycles. The Balaban J connectivity index is 3.98. The lowest BCUT2D eigenvalue weighted by Crippen LogP contribution is -2.25. The highest BCUT2D eigenvalue weighted by Gasteiger charge is 2.35. The monoisotopic (exact) mass is 242 g/mol. The zero-order chi connectivity index (χ0) is 11.4. The zero-order valence-corrected chi connectivity index (χ0v) is 7.54. The van der Waals surface area contributed by atoms with Crippen molar-refractivity contribution in [3.8, 4) is 0 Å². The van der Waals surface area contributed by atoms with Crippen LogP contribution in [0.15, 0.2) is 0 Å². The number of rotatable bonds is 5. The zero-order valence-electron chi connectivity index (χ0n) is 6.72. The summed E-state index contributed by atoms with van der Waals surface area (Å²) in [7, 11) is -4.79. The van der Waals surface area contributed by atoms with E-state index in [4.69, 9.17) is 0 Å². The summed E-state index contributed by atoms with van der Waals surface area (Å²) in [6, 6.07) is 0. The fourth-order valence-electron chi connectivity index (χ4n) is 0.506. The van der Waals surface area contributed by atoms with Crippen LogP contribution in [0.3, 0.4) is 0 Å². The van der Waals surface area contributed by atoms with E-state index in [1.807, 2.05) is 0 Å². The Hall–Kier alpha value is -0.440. The molecule has 0 amide bonds. The minimum atomic E-state index is -4.93. The lowest BCUT2D eigenvalue weighted by Gasteiger charge is -2.07. The van der Waals surface area contributed by atoms with Crippen molar-refractivity contribution in [2.24, 2.45) is 0 Å². The Bertz CT molecular complexity index is 257. The lowest BCUT2D eigenvalue weighted by atomic mass is 10.5. The van der Waals surface area contributed by atoms with Crippen molar-refractivity contribution >= 4 is 10.1 Å². The molecule has 0 atom stereocenters. The molecule has 0 saturated heterocycles. The number of hydrogen-bond donors (Lipinski definition) is 0. The van der Waals surface area contributed by atoms with Crippen LogP contribution >= 0.6 is 0 Å². The van der Waals surface area contributed by atoms with Crippen LogP contribution in [0.25, 0.3) is 0 Å². The highest BCUT2D eigenvalue weighted by molar-refractivity contribution is 7.86. The molecule has 86 valence electrons. The molecule has 0 radical (unpaired) electrons. The maximum Gasteiger partial charge on any atom is 0.405 e. The Morgan fingerprint density at radius 1 is 1.21 bits per heavy atom. The van der Waals surface area contributed by atoms with Crippen molar-refractivity contribution < 1.29 is 34.6 Å². The second kappa shape index (κ2) is 4.87. The molecule has 0 aromatic rings. The van der Waals surface area contributed by atoms with E-state index < -0.39 is 41.5 Å². The molecule has 0 saturated carbocycles. The Labute approximate surface area is 77.0 Å². The first-order chi connectivity index (χ1) is 6.12. The first kappa shape index (κ1) is 13.6. The van der Waals surface area contributed by atoms with Crippen LogP contribution in [0.2, 0.25) is 0 Å². The Morgan fingerprint density at radius 3 is 2.07 bits per heavy atom. The molecule has 0 spiro atoms. The van der Waals surface area contributed by atoms with Crippen molar-refractivity contribution in [1.82, 2.24) is 0 Å². The van der Waals surface area contributed by atoms with Crippen LogP contribution in [0.4, 0.5) is 22.0 Å². The third kappa shape index (κ3) is 8.17. The lowest BCUT2D eigenvalue weighted by molar-refractivity contribution is -0.107. The summed E-state index contributed by atoms with van der Waals surface area (Å²) in [5.74, 6) is -2.16. The third-order valence-corrected chi connectivity index (χ3v) is 2.15. The fourth-order valence-corrected chi connectivity index (χ4v) is 1.34. The summed E-state index contributed by atoms with van der Waals surface area (Å²) < 4.78 is 82.1. The van der Waals surface area contributed by atoms with E-state index in [2.05, 4.69) is 4.18 Å². The van der Waals surface area contributed by atoms with Gasteiger partial charge in [0.25, 0.3) is 10.1 Å². The quantitative estimate of drug-likeness (QED) is 0.542. The average Bonchev–Trinajstić information content (AvgIpc) is 1.78.